The highest BCUT2D eigenvalue weighted by Crippen LogP contribution is 1.96. The van der Waals surface area contributed by atoms with E-state index in [0.717, 1.165) is 0 Å². The Bertz CT molecular complexity index is 321. The molecule has 0 aromatic carbocycles. The first-order valence-corrected chi connectivity index (χ1v) is 4.53. The van der Waals surface area contributed by atoms with Gasteiger partial charge in [-0.3, -0.25) is 0 Å². The summed E-state index contributed by atoms with van der Waals surface area (Å²) in [5.74, 6) is -0.296. The molecule has 0 saturated carbocycles. The lowest BCUT2D eigenvalue weighted by atomic mass is 10.5. The second-order valence-corrected chi connectivity index (χ2v) is 3.50. The van der Waals surface area contributed by atoms with Crippen LogP contribution in [0.5, 0.6) is 0 Å². The Kier molecular flexibility index (Phi) is 4.62. The summed E-state index contributed by atoms with van der Waals surface area (Å²) in [7, 11) is -3.69. The first-order chi connectivity index (χ1) is 5.62. The van der Waals surface area contributed by atoms with E-state index in [1.807, 2.05) is 0 Å². The molecule has 0 spiro atoms. The Morgan fingerprint density at radius 3 is 2.42 bits per heavy atom. The summed E-state index contributed by atoms with van der Waals surface area (Å²) >= 11 is 0. The largest absolute Gasteiger partial charge is 0.235 e. The first kappa shape index (κ1) is 10.6. The van der Waals surface area contributed by atoms with Crippen LogP contribution in [0.25, 0.3) is 20.9 Å². The first-order valence-electron chi connectivity index (χ1n) is 2.92. The molecule has 0 rings (SSSR count). The molecule has 0 bridgehead atoms. The normalized spacial score (nSPS) is 9.67. The molecule has 0 aliphatic heterocycles. The van der Waals surface area contributed by atoms with E-state index in [2.05, 4.69) is 19.5 Å². The second kappa shape index (κ2) is 5.25. The molecule has 9 heteroatoms. The van der Waals surface area contributed by atoms with Gasteiger partial charge in [-0.1, -0.05) is 5.11 Å². The lowest BCUT2D eigenvalue weighted by Crippen LogP contribution is -2.02. The van der Waals surface area contributed by atoms with Crippen molar-refractivity contribution < 1.29 is 8.42 Å². The third kappa shape index (κ3) is 5.36. The standard InChI is InChI=1S/C3H6N6O2S/c4-7-6-2-1-3-12(10,11)9-8-5/h1-3H2. The van der Waals surface area contributed by atoms with Gasteiger partial charge in [0.1, 0.15) is 0 Å². The summed E-state index contributed by atoms with van der Waals surface area (Å²) in [6.45, 7) is 0.0800. The monoisotopic (exact) mass is 190 g/mol. The lowest BCUT2D eigenvalue weighted by molar-refractivity contribution is 0.595. The Hall–Kier alpha value is -1.43. The minimum absolute atomic E-state index is 0.0800. The molecule has 12 heavy (non-hydrogen) atoms. The molecule has 0 aliphatic carbocycles. The highest BCUT2D eigenvalue weighted by molar-refractivity contribution is 7.89. The molecule has 0 radical (unpaired) electrons. The number of azide groups is 2. The van der Waals surface area contributed by atoms with Gasteiger partial charge in [-0.25, -0.2) is 8.42 Å². The van der Waals surface area contributed by atoms with Crippen molar-refractivity contribution in [3.8, 4) is 0 Å². The topological polar surface area (TPSA) is 132 Å². The zero-order chi connectivity index (χ0) is 9.45. The van der Waals surface area contributed by atoms with E-state index in [9.17, 15) is 8.42 Å². The van der Waals surface area contributed by atoms with Crippen molar-refractivity contribution in [2.45, 2.75) is 6.42 Å². The molecule has 8 nitrogen and oxygen atoms in total. The summed E-state index contributed by atoms with van der Waals surface area (Å²) < 4.78 is 23.8. The van der Waals surface area contributed by atoms with Crippen LogP contribution in [0.3, 0.4) is 0 Å². The van der Waals surface area contributed by atoms with E-state index in [1.165, 1.54) is 0 Å². The van der Waals surface area contributed by atoms with Crippen LogP contribution in [-0.2, 0) is 10.0 Å². The van der Waals surface area contributed by atoms with Crippen LogP contribution in [0.1, 0.15) is 6.42 Å². The van der Waals surface area contributed by atoms with Crippen molar-refractivity contribution >= 4 is 10.0 Å². The van der Waals surface area contributed by atoms with Crippen molar-refractivity contribution in [3.05, 3.63) is 20.9 Å². The maximum absolute atomic E-state index is 10.6. The second-order valence-electron chi connectivity index (χ2n) is 1.77. The summed E-state index contributed by atoms with van der Waals surface area (Å²) in [6.07, 6.45) is 0.158. The molecule has 66 valence electrons. The molecule has 0 aromatic rings. The fraction of sp³-hybridized carbons (Fsp3) is 1.00. The van der Waals surface area contributed by atoms with Crippen molar-refractivity contribution in [3.63, 3.8) is 0 Å². The number of rotatable bonds is 5. The Balaban J connectivity index is 3.93. The van der Waals surface area contributed by atoms with E-state index < -0.39 is 10.0 Å². The quantitative estimate of drug-likeness (QED) is 0.280. The van der Waals surface area contributed by atoms with Crippen LogP contribution >= 0.6 is 0 Å². The van der Waals surface area contributed by atoms with Crippen LogP contribution in [0.4, 0.5) is 0 Å². The van der Waals surface area contributed by atoms with E-state index in [1.54, 1.807) is 0 Å². The van der Waals surface area contributed by atoms with Gasteiger partial charge in [0.2, 0.25) is 10.0 Å². The predicted molar refractivity (Wildman–Crippen MR) is 41.6 cm³/mol. The van der Waals surface area contributed by atoms with Crippen molar-refractivity contribution in [2.24, 2.45) is 9.63 Å². The summed E-state index contributed by atoms with van der Waals surface area (Å²) in [5, 5.41) is 3.12. The summed E-state index contributed by atoms with van der Waals surface area (Å²) in [4.78, 5) is 4.57. The minimum Gasteiger partial charge on any atom is -0.221 e. The van der Waals surface area contributed by atoms with Gasteiger partial charge < -0.3 is 0 Å². The Morgan fingerprint density at radius 1 is 1.25 bits per heavy atom. The molecule has 0 unspecified atom stereocenters. The van der Waals surface area contributed by atoms with Crippen molar-refractivity contribution in [1.29, 1.82) is 0 Å². The van der Waals surface area contributed by atoms with E-state index in [0.29, 0.717) is 0 Å². The van der Waals surface area contributed by atoms with Gasteiger partial charge in [-0.15, -0.1) is 0 Å². The lowest BCUT2D eigenvalue weighted by Gasteiger charge is -1.91. The summed E-state index contributed by atoms with van der Waals surface area (Å²) in [5.41, 5.74) is 15.6. The zero-order valence-electron chi connectivity index (χ0n) is 6.03. The van der Waals surface area contributed by atoms with E-state index in [-0.39, 0.29) is 18.7 Å². The van der Waals surface area contributed by atoms with Gasteiger partial charge in [0.05, 0.1) is 5.75 Å². The Labute approximate surface area is 68.5 Å². The SMILES string of the molecule is [N-]=[N+]=NCCCS(=O)(=O)N=[N+]=[N-]. The fourth-order valence-corrected chi connectivity index (χ4v) is 1.15. The van der Waals surface area contributed by atoms with Crippen molar-refractivity contribution in [1.82, 2.24) is 0 Å². The Morgan fingerprint density at radius 2 is 1.92 bits per heavy atom. The highest BCUT2D eigenvalue weighted by Gasteiger charge is 2.05. The van der Waals surface area contributed by atoms with Crippen molar-refractivity contribution in [2.75, 3.05) is 12.3 Å². The van der Waals surface area contributed by atoms with Crippen LogP contribution in [-0.4, -0.2) is 20.7 Å². The molecule has 0 fully saturated rings. The molecular formula is C3H6N6O2S. The van der Waals surface area contributed by atoms with Crippen LogP contribution in [0.15, 0.2) is 9.63 Å². The molecule has 0 saturated heterocycles. The molecule has 0 aliphatic rings. The maximum atomic E-state index is 10.6. The van der Waals surface area contributed by atoms with Gasteiger partial charge in [0, 0.05) is 20.9 Å². The third-order valence-electron chi connectivity index (χ3n) is 0.885. The van der Waals surface area contributed by atoms with Gasteiger partial charge in [-0.2, -0.15) is 0 Å². The van der Waals surface area contributed by atoms with Crippen LogP contribution in [0.2, 0.25) is 0 Å². The van der Waals surface area contributed by atoms with Crippen LogP contribution < -0.4 is 0 Å². The average molecular weight is 190 g/mol. The van der Waals surface area contributed by atoms with Gasteiger partial charge in [0.25, 0.3) is 0 Å². The van der Waals surface area contributed by atoms with E-state index >= 15 is 0 Å². The predicted octanol–water partition coefficient (Wildman–Crippen LogP) is 1.33. The fourth-order valence-electron chi connectivity index (χ4n) is 0.459. The third-order valence-corrected chi connectivity index (χ3v) is 2.01. The molecule has 0 heterocycles. The molecule has 0 amide bonds. The number of hydrogen-bond acceptors (Lipinski definition) is 3. The van der Waals surface area contributed by atoms with E-state index in [4.69, 9.17) is 11.1 Å². The van der Waals surface area contributed by atoms with Crippen LogP contribution in [0, 0.1) is 0 Å². The van der Waals surface area contributed by atoms with Gasteiger partial charge >= 0.3 is 0 Å². The smallest absolute Gasteiger partial charge is 0.221 e. The number of sulfonamides is 1. The molecule has 0 atom stereocenters. The maximum Gasteiger partial charge on any atom is 0.235 e. The molecular weight excluding hydrogens is 184 g/mol. The summed E-state index contributed by atoms with van der Waals surface area (Å²) in [6, 6.07) is 0. The molecule has 0 aromatic heterocycles. The number of hydrogen-bond donors (Lipinski definition) is 0. The molecule has 0 N–H and O–H groups in total. The van der Waals surface area contributed by atoms with Gasteiger partial charge in [0.15, 0.2) is 0 Å². The zero-order valence-corrected chi connectivity index (χ0v) is 6.85. The average Bonchev–Trinajstić information content (AvgIpc) is 1.98. The number of nitrogens with zero attached hydrogens (tertiary/aromatic N) is 6. The highest BCUT2D eigenvalue weighted by atomic mass is 32.2. The van der Waals surface area contributed by atoms with Gasteiger partial charge in [-0.05, 0) is 17.5 Å². The minimum atomic E-state index is -3.69.